The Morgan fingerprint density at radius 2 is 2.13 bits per heavy atom. The second kappa shape index (κ2) is 8.31. The van der Waals surface area contributed by atoms with E-state index >= 15 is 0 Å². The van der Waals surface area contributed by atoms with E-state index < -0.39 is 23.9 Å². The third-order valence-corrected chi connectivity index (χ3v) is 6.92. The quantitative estimate of drug-likeness (QED) is 0.436. The first kappa shape index (κ1) is 20.7. The molecule has 0 bridgehead atoms. The van der Waals surface area contributed by atoms with Gasteiger partial charge in [0.2, 0.25) is 5.91 Å². The van der Waals surface area contributed by atoms with E-state index in [-0.39, 0.29) is 11.2 Å². The van der Waals surface area contributed by atoms with Crippen LogP contribution in [-0.2, 0) is 16.0 Å². The first-order valence-electron chi connectivity index (χ1n) is 10.7. The van der Waals surface area contributed by atoms with Gasteiger partial charge in [0.1, 0.15) is 0 Å². The molecule has 3 aliphatic rings. The molecule has 1 amide bonds. The van der Waals surface area contributed by atoms with Crippen LogP contribution < -0.4 is 16.1 Å². The molecule has 2 aliphatic heterocycles. The molecule has 4 rings (SSSR count). The Morgan fingerprint density at radius 3 is 2.80 bits per heavy atom. The van der Waals surface area contributed by atoms with Crippen LogP contribution in [0.15, 0.2) is 24.3 Å². The number of rotatable bonds is 5. The summed E-state index contributed by atoms with van der Waals surface area (Å²) in [5.74, 6) is -1.08. The van der Waals surface area contributed by atoms with Crippen molar-refractivity contribution in [2.75, 3.05) is 13.1 Å². The van der Waals surface area contributed by atoms with Crippen molar-refractivity contribution < 1.29 is 14.8 Å². The maximum Gasteiger partial charge on any atom is 0.248 e. The van der Waals surface area contributed by atoms with E-state index in [0.717, 1.165) is 42.5 Å². The topological polar surface area (TPSA) is 114 Å². The summed E-state index contributed by atoms with van der Waals surface area (Å²) in [4.78, 5) is 25.6. The number of ketones is 1. The lowest BCUT2D eigenvalue weighted by molar-refractivity contribution is -0.140. The van der Waals surface area contributed by atoms with Crippen LogP contribution in [0.25, 0.3) is 5.57 Å². The van der Waals surface area contributed by atoms with Gasteiger partial charge in [-0.15, -0.1) is 0 Å². The van der Waals surface area contributed by atoms with E-state index in [2.05, 4.69) is 22.8 Å². The third-order valence-electron chi connectivity index (χ3n) is 6.92. The Hall–Kier alpha value is -2.53. The van der Waals surface area contributed by atoms with Gasteiger partial charge in [-0.2, -0.15) is 5.26 Å². The van der Waals surface area contributed by atoms with Crippen molar-refractivity contribution in [3.63, 3.8) is 0 Å². The number of Topliss-reactive ketones (excluding diaryl/α,β-unsaturated/α-hetero) is 1. The molecule has 158 valence electrons. The summed E-state index contributed by atoms with van der Waals surface area (Å²) >= 11 is 0. The van der Waals surface area contributed by atoms with Crippen molar-refractivity contribution in [3.8, 4) is 6.07 Å². The van der Waals surface area contributed by atoms with Crippen LogP contribution in [0.3, 0.4) is 0 Å². The zero-order chi connectivity index (χ0) is 21.3. The normalized spacial score (nSPS) is 27.1. The Bertz CT molecular complexity index is 929. The average molecular weight is 409 g/mol. The van der Waals surface area contributed by atoms with Crippen LogP contribution in [-0.4, -0.2) is 42.1 Å². The number of amides is 1. The molecule has 7 nitrogen and oxygen atoms in total. The Balaban J connectivity index is 1.51. The SMILES string of the molecule is CCc1cc(C2=CCNC(C(=O)C3NCC4(CC4)CC3C(=O)NO)C2)ccc1C#N. The van der Waals surface area contributed by atoms with Crippen LogP contribution in [0.2, 0.25) is 0 Å². The molecule has 2 fully saturated rings. The van der Waals surface area contributed by atoms with Gasteiger partial charge >= 0.3 is 0 Å². The number of carbonyl (C=O) groups excluding carboxylic acids is 2. The summed E-state index contributed by atoms with van der Waals surface area (Å²) in [6, 6.07) is 7.04. The third kappa shape index (κ3) is 3.91. The number of carbonyl (C=O) groups is 2. The zero-order valence-corrected chi connectivity index (χ0v) is 17.2. The molecule has 2 heterocycles. The first-order valence-corrected chi connectivity index (χ1v) is 10.7. The number of hydrogen-bond donors (Lipinski definition) is 4. The number of hydrogen-bond acceptors (Lipinski definition) is 6. The highest BCUT2D eigenvalue weighted by atomic mass is 16.5. The minimum atomic E-state index is -0.604. The van der Waals surface area contributed by atoms with E-state index in [1.54, 1.807) is 5.48 Å². The summed E-state index contributed by atoms with van der Waals surface area (Å²) in [6.07, 6.45) is 6.14. The molecule has 4 N–H and O–H groups in total. The molecule has 30 heavy (non-hydrogen) atoms. The summed E-state index contributed by atoms with van der Waals surface area (Å²) in [5, 5.41) is 25.0. The molecule has 1 aromatic carbocycles. The van der Waals surface area contributed by atoms with Crippen molar-refractivity contribution >= 4 is 17.3 Å². The van der Waals surface area contributed by atoms with Gasteiger partial charge in [-0.3, -0.25) is 14.8 Å². The van der Waals surface area contributed by atoms with E-state index in [9.17, 15) is 20.1 Å². The summed E-state index contributed by atoms with van der Waals surface area (Å²) in [7, 11) is 0. The molecule has 1 spiro atoms. The van der Waals surface area contributed by atoms with Crippen LogP contribution in [0.4, 0.5) is 0 Å². The summed E-state index contributed by atoms with van der Waals surface area (Å²) < 4.78 is 0. The van der Waals surface area contributed by atoms with Crippen molar-refractivity contribution in [2.24, 2.45) is 11.3 Å². The number of hydroxylamine groups is 1. The van der Waals surface area contributed by atoms with Gasteiger partial charge in [0.25, 0.3) is 0 Å². The smallest absolute Gasteiger partial charge is 0.248 e. The zero-order valence-electron chi connectivity index (χ0n) is 17.2. The van der Waals surface area contributed by atoms with Gasteiger partial charge in [-0.1, -0.05) is 25.1 Å². The van der Waals surface area contributed by atoms with Gasteiger partial charge in [-0.25, -0.2) is 5.48 Å². The van der Waals surface area contributed by atoms with Crippen molar-refractivity contribution in [1.29, 1.82) is 5.26 Å². The molecular weight excluding hydrogens is 380 g/mol. The first-order chi connectivity index (χ1) is 14.5. The minimum Gasteiger partial charge on any atom is -0.306 e. The summed E-state index contributed by atoms with van der Waals surface area (Å²) in [6.45, 7) is 3.33. The molecule has 7 heteroatoms. The molecular formula is C23H28N4O3. The van der Waals surface area contributed by atoms with Crippen LogP contribution in [0.1, 0.15) is 49.3 Å². The summed E-state index contributed by atoms with van der Waals surface area (Å²) in [5.41, 5.74) is 5.65. The lowest BCUT2D eigenvalue weighted by Gasteiger charge is -2.37. The molecule has 0 radical (unpaired) electrons. The second-order valence-electron chi connectivity index (χ2n) is 8.78. The lowest BCUT2D eigenvalue weighted by Crippen LogP contribution is -2.59. The van der Waals surface area contributed by atoms with Crippen LogP contribution >= 0.6 is 0 Å². The molecule has 3 unspecified atom stereocenters. The Kier molecular flexibility index (Phi) is 5.74. The highest BCUT2D eigenvalue weighted by Crippen LogP contribution is 2.52. The molecule has 1 aliphatic carbocycles. The van der Waals surface area contributed by atoms with Gasteiger partial charge in [-0.05, 0) is 60.3 Å². The largest absolute Gasteiger partial charge is 0.306 e. The molecule has 3 atom stereocenters. The minimum absolute atomic E-state index is 0.0333. The van der Waals surface area contributed by atoms with Crippen molar-refractivity contribution in [1.82, 2.24) is 16.1 Å². The number of aryl methyl sites for hydroxylation is 1. The molecule has 1 saturated heterocycles. The maximum atomic E-state index is 13.4. The predicted molar refractivity (Wildman–Crippen MR) is 111 cm³/mol. The fourth-order valence-corrected chi connectivity index (χ4v) is 4.86. The highest BCUT2D eigenvalue weighted by molar-refractivity contribution is 5.96. The fraction of sp³-hybridized carbons (Fsp3) is 0.522. The van der Waals surface area contributed by atoms with Gasteiger partial charge in [0, 0.05) is 13.1 Å². The van der Waals surface area contributed by atoms with Gasteiger partial charge in [0.15, 0.2) is 5.78 Å². The number of benzene rings is 1. The van der Waals surface area contributed by atoms with Gasteiger partial charge < -0.3 is 10.6 Å². The van der Waals surface area contributed by atoms with Crippen molar-refractivity contribution in [2.45, 2.75) is 51.1 Å². The Labute approximate surface area is 176 Å². The number of nitrogens with one attached hydrogen (secondary N) is 3. The predicted octanol–water partition coefficient (Wildman–Crippen LogP) is 1.70. The highest BCUT2D eigenvalue weighted by Gasteiger charge is 2.52. The van der Waals surface area contributed by atoms with E-state index in [1.807, 2.05) is 25.1 Å². The molecule has 1 saturated carbocycles. The molecule has 0 aromatic heterocycles. The fourth-order valence-electron chi connectivity index (χ4n) is 4.86. The number of piperidine rings is 1. The van der Waals surface area contributed by atoms with E-state index in [0.29, 0.717) is 24.9 Å². The number of nitriles is 1. The van der Waals surface area contributed by atoms with Crippen LogP contribution in [0.5, 0.6) is 0 Å². The van der Waals surface area contributed by atoms with Crippen LogP contribution in [0, 0.1) is 22.7 Å². The van der Waals surface area contributed by atoms with E-state index in [1.165, 1.54) is 0 Å². The van der Waals surface area contributed by atoms with Gasteiger partial charge in [0.05, 0.1) is 29.6 Å². The maximum absolute atomic E-state index is 13.4. The standard InChI is InChI=1S/C23H28N4O3/c1-2-14-9-15(3-4-17(14)12-24)16-5-8-25-19(10-16)21(28)20-18(22(29)27-30)11-23(6-7-23)13-26-20/h3-5,9,18-20,25-26,30H,2,6-8,10-11,13H2,1H3,(H,27,29). The monoisotopic (exact) mass is 408 g/mol. The van der Waals surface area contributed by atoms with Crippen molar-refractivity contribution in [3.05, 3.63) is 41.0 Å². The lowest BCUT2D eigenvalue weighted by atomic mass is 9.78. The molecule has 1 aromatic rings. The Morgan fingerprint density at radius 1 is 1.33 bits per heavy atom. The second-order valence-corrected chi connectivity index (χ2v) is 8.78. The number of nitrogens with zero attached hydrogens (tertiary/aromatic N) is 1. The van der Waals surface area contributed by atoms with E-state index in [4.69, 9.17) is 0 Å². The average Bonchev–Trinajstić information content (AvgIpc) is 3.56.